The molecule has 1 heterocycles. The first-order valence-corrected chi connectivity index (χ1v) is 11.7. The molecule has 0 spiro atoms. The summed E-state index contributed by atoms with van der Waals surface area (Å²) in [6, 6.07) is 16.4. The maximum atomic E-state index is 13.9. The average molecular weight is 462 g/mol. The second-order valence-electron chi connectivity index (χ2n) is 7.69. The van der Waals surface area contributed by atoms with Crippen LogP contribution in [0, 0.1) is 13.8 Å². The Hall–Kier alpha value is -3.71. The van der Waals surface area contributed by atoms with E-state index in [0.717, 1.165) is 11.1 Å². The molecule has 0 amide bonds. The average Bonchev–Trinajstić information content (AvgIpc) is 2.84. The van der Waals surface area contributed by atoms with E-state index in [1.54, 1.807) is 60.7 Å². The van der Waals surface area contributed by atoms with Gasteiger partial charge in [0.05, 0.1) is 35.1 Å². The zero-order chi connectivity index (χ0) is 23.8. The molecule has 4 aromatic rings. The minimum Gasteiger partial charge on any atom is -0.497 e. The Balaban J connectivity index is 2.02. The van der Waals surface area contributed by atoms with Gasteiger partial charge in [-0.25, -0.2) is 8.42 Å². The predicted molar refractivity (Wildman–Crippen MR) is 126 cm³/mol. The van der Waals surface area contributed by atoms with Crippen molar-refractivity contribution in [2.24, 2.45) is 0 Å². The molecule has 0 fully saturated rings. The summed E-state index contributed by atoms with van der Waals surface area (Å²) in [4.78, 5) is 17.9. The summed E-state index contributed by atoms with van der Waals surface area (Å²) in [5.74, 6) is 0.614. The van der Waals surface area contributed by atoms with E-state index in [4.69, 9.17) is 9.47 Å². The molecule has 0 aliphatic carbocycles. The standard InChI is InChI=1S/C26H23NO5S/c1-16-5-11-21(13-17(16)2)33(29,30)26-22-14-20(32-4)10-12-24(22)27-15-23(26)25(28)18-6-8-19(31-3)9-7-18/h5-15H,1-4H3. The molecule has 1 aromatic heterocycles. The maximum absolute atomic E-state index is 13.9. The zero-order valence-corrected chi connectivity index (χ0v) is 19.6. The van der Waals surface area contributed by atoms with Crippen molar-refractivity contribution in [2.45, 2.75) is 23.6 Å². The molecule has 4 rings (SSSR count). The summed E-state index contributed by atoms with van der Waals surface area (Å²) in [5.41, 5.74) is 2.60. The highest BCUT2D eigenvalue weighted by Gasteiger charge is 2.29. The smallest absolute Gasteiger partial charge is 0.208 e. The number of rotatable bonds is 6. The number of hydrogen-bond donors (Lipinski definition) is 0. The minimum atomic E-state index is -4.07. The van der Waals surface area contributed by atoms with Crippen LogP contribution in [0.4, 0.5) is 0 Å². The highest BCUT2D eigenvalue weighted by atomic mass is 32.2. The van der Waals surface area contributed by atoms with Gasteiger partial charge < -0.3 is 9.47 Å². The number of hydrogen-bond acceptors (Lipinski definition) is 6. The number of ketones is 1. The SMILES string of the molecule is COc1ccc(C(=O)c2cnc3ccc(OC)cc3c2S(=O)(=O)c2ccc(C)c(C)c2)cc1. The Morgan fingerprint density at radius 1 is 0.818 bits per heavy atom. The Morgan fingerprint density at radius 3 is 2.12 bits per heavy atom. The van der Waals surface area contributed by atoms with Gasteiger partial charge in [0.25, 0.3) is 0 Å². The number of nitrogens with zero attached hydrogens (tertiary/aromatic N) is 1. The van der Waals surface area contributed by atoms with Crippen LogP contribution < -0.4 is 9.47 Å². The number of pyridine rings is 1. The predicted octanol–water partition coefficient (Wildman–Crippen LogP) is 4.93. The van der Waals surface area contributed by atoms with Crippen molar-refractivity contribution < 1.29 is 22.7 Å². The van der Waals surface area contributed by atoms with Gasteiger partial charge in [-0.05, 0) is 79.6 Å². The second-order valence-corrected chi connectivity index (χ2v) is 9.58. The first-order valence-electron chi connectivity index (χ1n) is 10.2. The third-order valence-corrected chi connectivity index (χ3v) is 7.53. The Bertz CT molecular complexity index is 1480. The molecule has 6 nitrogen and oxygen atoms in total. The highest BCUT2D eigenvalue weighted by molar-refractivity contribution is 7.91. The molecule has 0 saturated carbocycles. The highest BCUT2D eigenvalue weighted by Crippen LogP contribution is 2.34. The van der Waals surface area contributed by atoms with E-state index < -0.39 is 15.6 Å². The van der Waals surface area contributed by atoms with Crippen LogP contribution in [-0.2, 0) is 9.84 Å². The molecule has 0 bridgehead atoms. The summed E-state index contributed by atoms with van der Waals surface area (Å²) in [7, 11) is -1.04. The summed E-state index contributed by atoms with van der Waals surface area (Å²) in [5, 5.41) is 0.326. The minimum absolute atomic E-state index is 0.000789. The number of sulfone groups is 1. The summed E-state index contributed by atoms with van der Waals surface area (Å²) >= 11 is 0. The normalized spacial score (nSPS) is 11.4. The van der Waals surface area contributed by atoms with E-state index in [1.807, 2.05) is 13.8 Å². The zero-order valence-electron chi connectivity index (χ0n) is 18.7. The van der Waals surface area contributed by atoms with Crippen molar-refractivity contribution in [3.05, 3.63) is 89.1 Å². The molecular weight excluding hydrogens is 438 g/mol. The maximum Gasteiger partial charge on any atom is 0.208 e. The van der Waals surface area contributed by atoms with Crippen molar-refractivity contribution in [2.75, 3.05) is 14.2 Å². The van der Waals surface area contributed by atoms with Crippen LogP contribution in [0.3, 0.4) is 0 Å². The van der Waals surface area contributed by atoms with E-state index in [2.05, 4.69) is 4.98 Å². The van der Waals surface area contributed by atoms with Crippen LogP contribution in [0.5, 0.6) is 11.5 Å². The number of carbonyl (C=O) groups is 1. The van der Waals surface area contributed by atoms with E-state index >= 15 is 0 Å². The first-order chi connectivity index (χ1) is 15.8. The van der Waals surface area contributed by atoms with Crippen molar-refractivity contribution >= 4 is 26.5 Å². The van der Waals surface area contributed by atoms with Crippen molar-refractivity contribution in [1.29, 1.82) is 0 Å². The Labute approximate surface area is 192 Å². The van der Waals surface area contributed by atoms with Crippen molar-refractivity contribution in [3.63, 3.8) is 0 Å². The Kier molecular flexibility index (Phi) is 5.91. The second kappa shape index (κ2) is 8.67. The monoisotopic (exact) mass is 461 g/mol. The van der Waals surface area contributed by atoms with Gasteiger partial charge in [-0.15, -0.1) is 0 Å². The number of fused-ring (bicyclic) bond motifs is 1. The third-order valence-electron chi connectivity index (χ3n) is 5.68. The lowest BCUT2D eigenvalue weighted by Crippen LogP contribution is -2.13. The van der Waals surface area contributed by atoms with Gasteiger partial charge in [-0.3, -0.25) is 9.78 Å². The van der Waals surface area contributed by atoms with Gasteiger partial charge in [0.2, 0.25) is 9.84 Å². The van der Waals surface area contributed by atoms with Gasteiger partial charge in [-0.2, -0.15) is 0 Å². The van der Waals surface area contributed by atoms with E-state index in [1.165, 1.54) is 20.4 Å². The molecule has 168 valence electrons. The molecule has 0 aliphatic rings. The topological polar surface area (TPSA) is 82.6 Å². The van der Waals surface area contributed by atoms with Gasteiger partial charge in [0.15, 0.2) is 5.78 Å². The molecule has 0 radical (unpaired) electrons. The number of ether oxygens (including phenoxy) is 2. The summed E-state index contributed by atoms with van der Waals surface area (Å²) in [6.07, 6.45) is 1.33. The fourth-order valence-corrected chi connectivity index (χ4v) is 5.33. The molecule has 0 N–H and O–H groups in total. The third kappa shape index (κ3) is 4.07. The van der Waals surface area contributed by atoms with Gasteiger partial charge in [0.1, 0.15) is 11.5 Å². The van der Waals surface area contributed by atoms with E-state index in [-0.39, 0.29) is 15.4 Å². The summed E-state index contributed by atoms with van der Waals surface area (Å²) in [6.45, 7) is 3.77. The van der Waals surface area contributed by atoms with Crippen LogP contribution in [-0.4, -0.2) is 33.4 Å². The quantitative estimate of drug-likeness (QED) is 0.379. The van der Waals surface area contributed by atoms with Gasteiger partial charge in [0, 0.05) is 17.1 Å². The van der Waals surface area contributed by atoms with E-state index in [0.29, 0.717) is 28.0 Å². The van der Waals surface area contributed by atoms with Gasteiger partial charge in [-0.1, -0.05) is 6.07 Å². The van der Waals surface area contributed by atoms with Crippen molar-refractivity contribution in [3.8, 4) is 11.5 Å². The van der Waals surface area contributed by atoms with Gasteiger partial charge >= 0.3 is 0 Å². The number of benzene rings is 3. The lowest BCUT2D eigenvalue weighted by Gasteiger charge is -2.15. The van der Waals surface area contributed by atoms with Crippen LogP contribution in [0.25, 0.3) is 10.9 Å². The first kappa shape index (κ1) is 22.5. The molecule has 3 aromatic carbocycles. The molecule has 0 aliphatic heterocycles. The molecular formula is C26H23NO5S. The van der Waals surface area contributed by atoms with Crippen LogP contribution in [0.2, 0.25) is 0 Å². The van der Waals surface area contributed by atoms with Crippen LogP contribution in [0.1, 0.15) is 27.0 Å². The molecule has 33 heavy (non-hydrogen) atoms. The lowest BCUT2D eigenvalue weighted by molar-refractivity contribution is 0.103. The molecule has 7 heteroatoms. The van der Waals surface area contributed by atoms with E-state index in [9.17, 15) is 13.2 Å². The molecule has 0 saturated heterocycles. The molecule has 0 unspecified atom stereocenters. The number of aromatic nitrogens is 1. The summed E-state index contributed by atoms with van der Waals surface area (Å²) < 4.78 is 38.3. The largest absolute Gasteiger partial charge is 0.497 e. The number of aryl methyl sites for hydroxylation is 2. The lowest BCUT2D eigenvalue weighted by atomic mass is 10.0. The van der Waals surface area contributed by atoms with Crippen molar-refractivity contribution in [1.82, 2.24) is 4.98 Å². The number of methoxy groups -OCH3 is 2. The number of carbonyl (C=O) groups excluding carboxylic acids is 1. The fraction of sp³-hybridized carbons (Fsp3) is 0.154. The van der Waals surface area contributed by atoms with Crippen LogP contribution in [0.15, 0.2) is 76.7 Å². The fourth-order valence-electron chi connectivity index (χ4n) is 3.62. The molecule has 0 atom stereocenters. The van der Waals surface area contributed by atoms with Crippen LogP contribution >= 0.6 is 0 Å². The Morgan fingerprint density at radius 2 is 1.48 bits per heavy atom.